The highest BCUT2D eigenvalue weighted by Crippen LogP contribution is 2.17. The number of likely N-dealkylation sites (N-methyl/N-ethyl adjacent to an activating group) is 1. The van der Waals surface area contributed by atoms with Crippen LogP contribution in [0.15, 0.2) is 41.5 Å². The highest BCUT2D eigenvalue weighted by atomic mass is 15.1. The first-order chi connectivity index (χ1) is 9.23. The molecule has 1 N–H and O–H groups in total. The highest BCUT2D eigenvalue weighted by molar-refractivity contribution is 5.96. The molecule has 108 valence electrons. The predicted molar refractivity (Wildman–Crippen MR) is 88.3 cm³/mol. The predicted octanol–water partition coefficient (Wildman–Crippen LogP) is 4.63. The molecule has 0 heterocycles. The molecule has 1 aromatic carbocycles. The van der Waals surface area contributed by atoms with Crippen molar-refractivity contribution in [3.05, 3.63) is 58.2 Å². The third-order valence-electron chi connectivity index (χ3n) is 3.85. The molecule has 0 unspecified atom stereocenters. The van der Waals surface area contributed by atoms with Gasteiger partial charge < -0.3 is 4.90 Å². The van der Waals surface area contributed by atoms with Crippen LogP contribution in [0.25, 0.3) is 0 Å². The molecule has 0 saturated heterocycles. The summed E-state index contributed by atoms with van der Waals surface area (Å²) in [6.07, 6.45) is 0. The van der Waals surface area contributed by atoms with E-state index in [0.717, 1.165) is 23.3 Å². The van der Waals surface area contributed by atoms with E-state index in [1.165, 1.54) is 16.7 Å². The van der Waals surface area contributed by atoms with Gasteiger partial charge >= 0.3 is 0 Å². The van der Waals surface area contributed by atoms with Crippen LogP contribution in [-0.2, 0) is 6.54 Å². The molecule has 0 bridgehead atoms. The largest absolute Gasteiger partial charge is 0.356 e. The quantitative estimate of drug-likeness (QED) is 0.482. The van der Waals surface area contributed by atoms with Gasteiger partial charge in [-0.3, -0.25) is 5.41 Å². The van der Waals surface area contributed by atoms with Crippen molar-refractivity contribution in [2.75, 3.05) is 7.05 Å². The summed E-state index contributed by atoms with van der Waals surface area (Å²) in [5.41, 5.74) is 6.93. The van der Waals surface area contributed by atoms with Gasteiger partial charge in [0, 0.05) is 13.6 Å². The minimum absolute atomic E-state index is 0.561. The van der Waals surface area contributed by atoms with Crippen LogP contribution in [0.1, 0.15) is 37.5 Å². The fourth-order valence-electron chi connectivity index (χ4n) is 2.14. The van der Waals surface area contributed by atoms with E-state index >= 15 is 0 Å². The number of hydrogen-bond donors (Lipinski definition) is 1. The molecule has 0 spiro atoms. The van der Waals surface area contributed by atoms with Gasteiger partial charge in [-0.15, -0.1) is 0 Å². The van der Waals surface area contributed by atoms with Gasteiger partial charge in [-0.05, 0) is 56.9 Å². The molecule has 0 fully saturated rings. The number of rotatable bonds is 4. The first kappa shape index (κ1) is 16.2. The summed E-state index contributed by atoms with van der Waals surface area (Å²) >= 11 is 0. The van der Waals surface area contributed by atoms with E-state index < -0.39 is 0 Å². The highest BCUT2D eigenvalue weighted by Gasteiger charge is 2.11. The van der Waals surface area contributed by atoms with Gasteiger partial charge in [-0.25, -0.2) is 0 Å². The van der Waals surface area contributed by atoms with E-state index in [2.05, 4.69) is 38.6 Å². The second-order valence-corrected chi connectivity index (χ2v) is 5.66. The van der Waals surface area contributed by atoms with Crippen molar-refractivity contribution in [1.82, 2.24) is 4.90 Å². The normalized spacial score (nSPS) is 11.9. The van der Waals surface area contributed by atoms with Gasteiger partial charge in [0.15, 0.2) is 0 Å². The average Bonchev–Trinajstić information content (AvgIpc) is 2.39. The lowest BCUT2D eigenvalue weighted by molar-refractivity contribution is 0.495. The van der Waals surface area contributed by atoms with E-state index in [1.807, 2.05) is 32.7 Å². The maximum atomic E-state index is 8.31. The standard InChI is InChI=1S/C18H26N2/c1-12(2)15(5)16(6)18(19)20(7)11-17-9-8-13(3)10-14(17)4/h8-10,19H,1,11H2,2-7H3/b16-15-,19-18?. The third-order valence-corrected chi connectivity index (χ3v) is 3.85. The van der Waals surface area contributed by atoms with E-state index in [1.54, 1.807) is 0 Å². The first-order valence-corrected chi connectivity index (χ1v) is 6.93. The molecule has 0 saturated carbocycles. The summed E-state index contributed by atoms with van der Waals surface area (Å²) in [6.45, 7) is 14.9. The number of nitrogens with zero attached hydrogens (tertiary/aromatic N) is 1. The summed E-state index contributed by atoms with van der Waals surface area (Å²) in [4.78, 5) is 1.99. The SMILES string of the molecule is C=C(C)/C(C)=C(/C)C(=N)N(C)Cc1ccc(C)cc1C. The smallest absolute Gasteiger partial charge is 0.123 e. The molecule has 2 heteroatoms. The van der Waals surface area contributed by atoms with Crippen LogP contribution >= 0.6 is 0 Å². The van der Waals surface area contributed by atoms with Gasteiger partial charge in [-0.1, -0.05) is 35.9 Å². The number of aryl methyl sites for hydroxylation is 2. The zero-order valence-corrected chi connectivity index (χ0v) is 13.6. The maximum absolute atomic E-state index is 8.31. The van der Waals surface area contributed by atoms with E-state index in [0.29, 0.717) is 5.84 Å². The number of allylic oxidation sites excluding steroid dienone is 2. The van der Waals surface area contributed by atoms with Crippen LogP contribution in [0, 0.1) is 19.3 Å². The molecule has 0 atom stereocenters. The van der Waals surface area contributed by atoms with Crippen molar-refractivity contribution in [3.63, 3.8) is 0 Å². The fourth-order valence-corrected chi connectivity index (χ4v) is 2.14. The molecular weight excluding hydrogens is 244 g/mol. The van der Waals surface area contributed by atoms with Gasteiger partial charge in [0.1, 0.15) is 5.84 Å². The Balaban J connectivity index is 2.91. The molecule has 0 aliphatic carbocycles. The minimum atomic E-state index is 0.561. The van der Waals surface area contributed by atoms with Crippen LogP contribution < -0.4 is 0 Å². The Morgan fingerprint density at radius 2 is 1.75 bits per heavy atom. The Morgan fingerprint density at radius 1 is 1.15 bits per heavy atom. The molecule has 20 heavy (non-hydrogen) atoms. The Hall–Kier alpha value is -1.83. The molecule has 1 aromatic rings. The number of nitrogens with one attached hydrogen (secondary N) is 1. The lowest BCUT2D eigenvalue weighted by atomic mass is 10.0. The summed E-state index contributed by atoms with van der Waals surface area (Å²) in [5, 5.41) is 8.31. The van der Waals surface area contributed by atoms with Gasteiger partial charge in [-0.2, -0.15) is 0 Å². The summed E-state index contributed by atoms with van der Waals surface area (Å²) < 4.78 is 0. The average molecular weight is 270 g/mol. The van der Waals surface area contributed by atoms with Crippen LogP contribution in [0.3, 0.4) is 0 Å². The minimum Gasteiger partial charge on any atom is -0.356 e. The zero-order valence-electron chi connectivity index (χ0n) is 13.6. The van der Waals surface area contributed by atoms with Gasteiger partial charge in [0.2, 0.25) is 0 Å². The lowest BCUT2D eigenvalue weighted by Gasteiger charge is -2.23. The van der Waals surface area contributed by atoms with Crippen molar-refractivity contribution >= 4 is 5.84 Å². The number of amidine groups is 1. The lowest BCUT2D eigenvalue weighted by Crippen LogP contribution is -2.27. The van der Waals surface area contributed by atoms with Crippen molar-refractivity contribution in [1.29, 1.82) is 5.41 Å². The Kier molecular flexibility index (Phi) is 5.32. The summed E-state index contributed by atoms with van der Waals surface area (Å²) in [7, 11) is 1.97. The molecule has 0 aliphatic rings. The molecule has 0 amide bonds. The Bertz CT molecular complexity index is 565. The fraction of sp³-hybridized carbons (Fsp3) is 0.389. The Morgan fingerprint density at radius 3 is 2.25 bits per heavy atom. The van der Waals surface area contributed by atoms with Crippen molar-refractivity contribution in [3.8, 4) is 0 Å². The molecule has 0 radical (unpaired) electrons. The van der Waals surface area contributed by atoms with Crippen LogP contribution in [0.2, 0.25) is 0 Å². The third kappa shape index (κ3) is 3.83. The molecule has 0 aromatic heterocycles. The molecule has 1 rings (SSSR count). The topological polar surface area (TPSA) is 27.1 Å². The maximum Gasteiger partial charge on any atom is 0.123 e. The number of hydrogen-bond acceptors (Lipinski definition) is 1. The molecular formula is C18H26N2. The van der Waals surface area contributed by atoms with E-state index in [-0.39, 0.29) is 0 Å². The Labute approximate surface area is 123 Å². The van der Waals surface area contributed by atoms with Crippen molar-refractivity contribution in [2.24, 2.45) is 0 Å². The monoisotopic (exact) mass is 270 g/mol. The first-order valence-electron chi connectivity index (χ1n) is 6.93. The summed E-state index contributed by atoms with van der Waals surface area (Å²) in [6, 6.07) is 6.47. The van der Waals surface area contributed by atoms with Gasteiger partial charge in [0.05, 0.1) is 0 Å². The van der Waals surface area contributed by atoms with E-state index in [9.17, 15) is 0 Å². The van der Waals surface area contributed by atoms with E-state index in [4.69, 9.17) is 5.41 Å². The molecule has 2 nitrogen and oxygen atoms in total. The van der Waals surface area contributed by atoms with Crippen LogP contribution in [0.4, 0.5) is 0 Å². The van der Waals surface area contributed by atoms with Gasteiger partial charge in [0.25, 0.3) is 0 Å². The number of benzene rings is 1. The molecule has 0 aliphatic heterocycles. The zero-order chi connectivity index (χ0) is 15.4. The summed E-state index contributed by atoms with van der Waals surface area (Å²) in [5.74, 6) is 0.561. The second kappa shape index (κ2) is 6.56. The van der Waals surface area contributed by atoms with Crippen LogP contribution in [0.5, 0.6) is 0 Å². The second-order valence-electron chi connectivity index (χ2n) is 5.66. The van der Waals surface area contributed by atoms with Crippen molar-refractivity contribution < 1.29 is 0 Å². The van der Waals surface area contributed by atoms with Crippen LogP contribution in [-0.4, -0.2) is 17.8 Å². The van der Waals surface area contributed by atoms with Crippen molar-refractivity contribution in [2.45, 2.75) is 41.2 Å².